The van der Waals surface area contributed by atoms with Gasteiger partial charge in [0.25, 0.3) is 5.91 Å². The Morgan fingerprint density at radius 2 is 1.89 bits per heavy atom. The van der Waals surface area contributed by atoms with Crippen molar-refractivity contribution >= 4 is 17.7 Å². The highest BCUT2D eigenvalue weighted by Gasteiger charge is 2.35. The van der Waals surface area contributed by atoms with E-state index in [4.69, 9.17) is 0 Å². The fourth-order valence-electron chi connectivity index (χ4n) is 3.96. The van der Waals surface area contributed by atoms with Crippen LogP contribution in [0, 0.1) is 11.3 Å². The van der Waals surface area contributed by atoms with E-state index in [9.17, 15) is 23.2 Å². The van der Waals surface area contributed by atoms with Gasteiger partial charge in [0.05, 0.1) is 29.1 Å². The minimum Gasteiger partial charge on any atom is -0.369 e. The van der Waals surface area contributed by atoms with Gasteiger partial charge in [-0.3, -0.25) is 4.79 Å². The summed E-state index contributed by atoms with van der Waals surface area (Å²) in [6.07, 6.45) is -2.40. The monoisotopic (exact) mass is 495 g/mol. The summed E-state index contributed by atoms with van der Waals surface area (Å²) in [6.45, 7) is 5.91. The lowest BCUT2D eigenvalue weighted by Crippen LogP contribution is -2.30. The van der Waals surface area contributed by atoms with Crippen LogP contribution in [0.5, 0.6) is 0 Å². The molecular weight excluding hydrogens is 471 g/mol. The molecule has 0 aliphatic carbocycles. The highest BCUT2D eigenvalue weighted by Crippen LogP contribution is 2.39. The summed E-state index contributed by atoms with van der Waals surface area (Å²) >= 11 is 0. The zero-order valence-corrected chi connectivity index (χ0v) is 19.8. The van der Waals surface area contributed by atoms with E-state index in [0.29, 0.717) is 22.6 Å². The number of nitriles is 1. The van der Waals surface area contributed by atoms with E-state index < -0.39 is 17.7 Å². The average molecular weight is 496 g/mol. The molecule has 0 radical (unpaired) electrons. The minimum atomic E-state index is -4.54. The summed E-state index contributed by atoms with van der Waals surface area (Å²) in [5.74, 6) is -0.195. The summed E-state index contributed by atoms with van der Waals surface area (Å²) < 4.78 is 39.8. The molecule has 0 saturated carbocycles. The lowest BCUT2D eigenvalue weighted by atomic mass is 9.95. The quantitative estimate of drug-likeness (QED) is 0.457. The van der Waals surface area contributed by atoms with E-state index in [1.165, 1.54) is 6.20 Å². The van der Waals surface area contributed by atoms with Crippen molar-refractivity contribution in [3.8, 4) is 6.07 Å². The maximum atomic E-state index is 13.3. The van der Waals surface area contributed by atoms with Gasteiger partial charge in [0, 0.05) is 35.8 Å². The summed E-state index contributed by atoms with van der Waals surface area (Å²) in [4.78, 5) is 24.8. The first-order valence-electron chi connectivity index (χ1n) is 11.3. The predicted molar refractivity (Wildman–Crippen MR) is 127 cm³/mol. The van der Waals surface area contributed by atoms with Crippen LogP contribution >= 0.6 is 0 Å². The molecule has 1 amide bonds. The van der Waals surface area contributed by atoms with Gasteiger partial charge in [-0.2, -0.15) is 18.4 Å². The Morgan fingerprint density at radius 3 is 2.53 bits per heavy atom. The van der Waals surface area contributed by atoms with Crippen LogP contribution in [0.2, 0.25) is 0 Å². The van der Waals surface area contributed by atoms with Gasteiger partial charge >= 0.3 is 6.18 Å². The van der Waals surface area contributed by atoms with Crippen LogP contribution in [0.3, 0.4) is 0 Å². The number of fused-ring (bicyclic) bond motifs is 1. The molecule has 3 heterocycles. The third-order valence-electron chi connectivity index (χ3n) is 5.80. The fourth-order valence-corrected chi connectivity index (χ4v) is 3.96. The number of anilines is 2. The molecule has 1 aromatic carbocycles. The van der Waals surface area contributed by atoms with Crippen molar-refractivity contribution in [2.45, 2.75) is 44.9 Å². The first-order valence-corrected chi connectivity index (χ1v) is 11.3. The molecule has 0 fully saturated rings. The number of alkyl halides is 3. The lowest BCUT2D eigenvalue weighted by molar-refractivity contribution is -0.137. The number of amides is 1. The van der Waals surface area contributed by atoms with Gasteiger partial charge in [0.1, 0.15) is 11.9 Å². The second kappa shape index (κ2) is 9.81. The number of hydrogen-bond acceptors (Lipinski definition) is 7. The normalized spacial score (nSPS) is 15.6. The first kappa shape index (κ1) is 24.9. The highest BCUT2D eigenvalue weighted by atomic mass is 19.4. The van der Waals surface area contributed by atoms with Gasteiger partial charge in [-0.05, 0) is 44.5 Å². The van der Waals surface area contributed by atoms with E-state index in [0.717, 1.165) is 17.8 Å². The van der Waals surface area contributed by atoms with Crippen LogP contribution in [0.25, 0.3) is 0 Å². The summed E-state index contributed by atoms with van der Waals surface area (Å²) in [6, 6.07) is 9.94. The summed E-state index contributed by atoms with van der Waals surface area (Å²) in [7, 11) is 0. The van der Waals surface area contributed by atoms with Gasteiger partial charge in [-0.15, -0.1) is 0 Å². The molecule has 3 aromatic rings. The molecular formula is C25H24F3N7O. The second-order valence-electron chi connectivity index (χ2n) is 8.81. The number of nitrogens with zero attached hydrogens (tertiary/aromatic N) is 4. The Labute approximate surface area is 206 Å². The summed E-state index contributed by atoms with van der Waals surface area (Å²) in [5.41, 5.74) is 1.36. The lowest BCUT2D eigenvalue weighted by Gasteiger charge is -2.17. The van der Waals surface area contributed by atoms with E-state index in [1.807, 2.05) is 39.0 Å². The van der Waals surface area contributed by atoms with Crippen molar-refractivity contribution < 1.29 is 18.0 Å². The Balaban J connectivity index is 1.57. The van der Waals surface area contributed by atoms with Crippen LogP contribution in [-0.4, -0.2) is 33.4 Å². The van der Waals surface area contributed by atoms with Crippen molar-refractivity contribution in [3.05, 3.63) is 76.2 Å². The van der Waals surface area contributed by atoms with Crippen molar-refractivity contribution in [2.75, 3.05) is 17.2 Å². The number of carbonyl (C=O) groups excluding carboxylic acids is 1. The maximum absolute atomic E-state index is 13.3. The van der Waals surface area contributed by atoms with Crippen LogP contribution < -0.4 is 16.0 Å². The van der Waals surface area contributed by atoms with Gasteiger partial charge in [-0.25, -0.2) is 15.0 Å². The number of benzene rings is 1. The van der Waals surface area contributed by atoms with E-state index >= 15 is 0 Å². The van der Waals surface area contributed by atoms with Crippen LogP contribution in [-0.2, 0) is 6.18 Å². The third-order valence-corrected chi connectivity index (χ3v) is 5.80. The van der Waals surface area contributed by atoms with Gasteiger partial charge in [0.2, 0.25) is 5.95 Å². The van der Waals surface area contributed by atoms with Gasteiger partial charge in [-0.1, -0.05) is 12.1 Å². The number of hydrogen-bond donors (Lipinski definition) is 3. The zero-order valence-electron chi connectivity index (χ0n) is 19.8. The minimum absolute atomic E-state index is 0.0263. The molecule has 1 aliphatic rings. The first-order chi connectivity index (χ1) is 17.1. The third kappa shape index (κ3) is 5.22. The van der Waals surface area contributed by atoms with Crippen LogP contribution in [0.15, 0.2) is 42.7 Å². The molecule has 2 atom stereocenters. The smallest absolute Gasteiger partial charge is 0.369 e. The van der Waals surface area contributed by atoms with Crippen LogP contribution in [0.4, 0.5) is 24.9 Å². The predicted octanol–water partition coefficient (Wildman–Crippen LogP) is 4.63. The molecule has 0 spiro atoms. The van der Waals surface area contributed by atoms with Crippen LogP contribution in [0.1, 0.15) is 71.0 Å². The van der Waals surface area contributed by atoms with Crippen molar-refractivity contribution in [3.63, 3.8) is 0 Å². The Hall–Kier alpha value is -4.20. The molecule has 36 heavy (non-hydrogen) atoms. The van der Waals surface area contributed by atoms with Gasteiger partial charge < -0.3 is 16.0 Å². The number of nitrogens with one attached hydrogen (secondary N) is 3. The number of aromatic nitrogens is 3. The molecule has 1 unspecified atom stereocenters. The van der Waals surface area contributed by atoms with E-state index in [-0.39, 0.29) is 36.0 Å². The Morgan fingerprint density at radius 1 is 1.17 bits per heavy atom. The maximum Gasteiger partial charge on any atom is 0.417 e. The number of halogens is 3. The fraction of sp³-hybridized carbons (Fsp3) is 0.320. The number of rotatable bonds is 6. The zero-order chi connectivity index (χ0) is 26.0. The molecule has 1 aliphatic heterocycles. The van der Waals surface area contributed by atoms with Crippen molar-refractivity contribution in [2.24, 2.45) is 0 Å². The SMILES string of the molecule is CC(C)NC(=O)c1ccc([C@@H](C)Nc2ncc(C#N)c(C3CNc4ncc(C(F)(F)F)cc43)n2)cc1. The molecule has 8 nitrogen and oxygen atoms in total. The molecule has 186 valence electrons. The topological polar surface area (TPSA) is 116 Å². The molecule has 0 saturated heterocycles. The summed E-state index contributed by atoms with van der Waals surface area (Å²) in [5, 5.41) is 18.6. The molecule has 3 N–H and O–H groups in total. The number of carbonyl (C=O) groups is 1. The highest BCUT2D eigenvalue weighted by molar-refractivity contribution is 5.94. The molecule has 11 heteroatoms. The molecule has 2 aromatic heterocycles. The van der Waals surface area contributed by atoms with E-state index in [2.05, 4.69) is 30.9 Å². The van der Waals surface area contributed by atoms with E-state index in [1.54, 1.807) is 12.1 Å². The average Bonchev–Trinajstić information content (AvgIpc) is 3.26. The molecule has 0 bridgehead atoms. The Kier molecular flexibility index (Phi) is 6.79. The number of pyridine rings is 1. The van der Waals surface area contributed by atoms with Crippen molar-refractivity contribution in [1.82, 2.24) is 20.3 Å². The van der Waals surface area contributed by atoms with Crippen molar-refractivity contribution in [1.29, 1.82) is 5.26 Å². The second-order valence-corrected chi connectivity index (χ2v) is 8.81. The largest absolute Gasteiger partial charge is 0.417 e. The Bertz CT molecular complexity index is 1320. The standard InChI is InChI=1S/C25H24F3N7O/c1-13(2)33-23(36)16-6-4-15(5-7-16)14(3)34-24-32-10-17(9-29)21(35-24)20-12-31-22-19(20)8-18(11-30-22)25(26,27)28/h4-8,10-11,13-14,20H,12H2,1-3H3,(H,30,31)(H,33,36)(H,32,34,35)/t14-,20?/m1/s1. The molecule has 4 rings (SSSR count). The van der Waals surface area contributed by atoms with Gasteiger partial charge in [0.15, 0.2) is 0 Å².